The minimum Gasteiger partial charge on any atom is -0.350 e. The van der Waals surface area contributed by atoms with Crippen molar-refractivity contribution in [3.8, 4) is 0 Å². The zero-order chi connectivity index (χ0) is 7.40. The maximum absolute atomic E-state index is 5.35. The highest BCUT2D eigenvalue weighted by Crippen LogP contribution is 2.18. The molecule has 0 aromatic heterocycles. The van der Waals surface area contributed by atoms with Gasteiger partial charge in [-0.05, 0) is 6.42 Å². The van der Waals surface area contributed by atoms with Gasteiger partial charge in [0, 0.05) is 5.92 Å². The number of hydrogen-bond donors (Lipinski definition) is 0. The van der Waals surface area contributed by atoms with Crippen molar-refractivity contribution in [2.24, 2.45) is 5.92 Å². The Morgan fingerprint density at radius 2 is 2.00 bits per heavy atom. The molecule has 0 saturated carbocycles. The zero-order valence-electron chi connectivity index (χ0n) is 6.80. The number of ether oxygens (including phenoxy) is 2. The molecule has 1 atom stereocenters. The molecule has 1 fully saturated rings. The smallest absolute Gasteiger partial charge is 0.160 e. The molecule has 1 aliphatic rings. The van der Waals surface area contributed by atoms with Gasteiger partial charge in [-0.1, -0.05) is 20.3 Å². The SMILES string of the molecule is CCCC(C)C1OCCO1. The highest BCUT2D eigenvalue weighted by atomic mass is 16.7. The third-order valence-corrected chi connectivity index (χ3v) is 1.86. The Balaban J connectivity index is 2.18. The number of hydrogen-bond acceptors (Lipinski definition) is 2. The summed E-state index contributed by atoms with van der Waals surface area (Å²) >= 11 is 0. The molecule has 0 amide bonds. The molecule has 0 spiro atoms. The van der Waals surface area contributed by atoms with Crippen molar-refractivity contribution in [3.05, 3.63) is 0 Å². The first-order valence-electron chi connectivity index (χ1n) is 4.07. The van der Waals surface area contributed by atoms with Crippen molar-refractivity contribution in [1.82, 2.24) is 0 Å². The molecule has 0 aromatic rings. The molecule has 1 heterocycles. The predicted octanol–water partition coefficient (Wildman–Crippen LogP) is 1.80. The van der Waals surface area contributed by atoms with Gasteiger partial charge in [0.05, 0.1) is 13.2 Å². The van der Waals surface area contributed by atoms with E-state index in [2.05, 4.69) is 13.8 Å². The van der Waals surface area contributed by atoms with E-state index >= 15 is 0 Å². The minimum atomic E-state index is 0.0833. The van der Waals surface area contributed by atoms with Crippen LogP contribution in [0, 0.1) is 5.92 Å². The molecule has 1 aliphatic heterocycles. The van der Waals surface area contributed by atoms with Gasteiger partial charge in [-0.15, -0.1) is 0 Å². The highest BCUT2D eigenvalue weighted by Gasteiger charge is 2.21. The Bertz CT molecular complexity index is 87.3. The Morgan fingerprint density at radius 3 is 2.50 bits per heavy atom. The molecular formula is C8H16O2. The lowest BCUT2D eigenvalue weighted by Gasteiger charge is -2.16. The van der Waals surface area contributed by atoms with Crippen molar-refractivity contribution < 1.29 is 9.47 Å². The van der Waals surface area contributed by atoms with E-state index in [-0.39, 0.29) is 6.29 Å². The van der Waals surface area contributed by atoms with Crippen LogP contribution in [0.25, 0.3) is 0 Å². The van der Waals surface area contributed by atoms with E-state index in [1.165, 1.54) is 12.8 Å². The van der Waals surface area contributed by atoms with E-state index < -0.39 is 0 Å². The summed E-state index contributed by atoms with van der Waals surface area (Å²) in [5, 5.41) is 0. The molecule has 0 radical (unpaired) electrons. The van der Waals surface area contributed by atoms with Crippen molar-refractivity contribution >= 4 is 0 Å². The van der Waals surface area contributed by atoms with Gasteiger partial charge in [0.1, 0.15) is 0 Å². The third kappa shape index (κ3) is 1.96. The van der Waals surface area contributed by atoms with Crippen LogP contribution in [0.15, 0.2) is 0 Å². The summed E-state index contributed by atoms with van der Waals surface area (Å²) in [5.41, 5.74) is 0. The molecule has 1 rings (SSSR count). The largest absolute Gasteiger partial charge is 0.350 e. The first-order chi connectivity index (χ1) is 4.84. The van der Waals surface area contributed by atoms with Crippen LogP contribution in [0.4, 0.5) is 0 Å². The van der Waals surface area contributed by atoms with Crippen LogP contribution >= 0.6 is 0 Å². The molecule has 1 unspecified atom stereocenters. The molecule has 0 bridgehead atoms. The van der Waals surface area contributed by atoms with Crippen molar-refractivity contribution in [1.29, 1.82) is 0 Å². The van der Waals surface area contributed by atoms with Gasteiger partial charge >= 0.3 is 0 Å². The maximum atomic E-state index is 5.35. The first-order valence-corrected chi connectivity index (χ1v) is 4.07. The lowest BCUT2D eigenvalue weighted by atomic mass is 10.1. The minimum absolute atomic E-state index is 0.0833. The van der Waals surface area contributed by atoms with E-state index in [1.807, 2.05) is 0 Å². The van der Waals surface area contributed by atoms with Crippen LogP contribution in [0.1, 0.15) is 26.7 Å². The summed E-state index contributed by atoms with van der Waals surface area (Å²) in [6.07, 6.45) is 2.50. The standard InChI is InChI=1S/C8H16O2/c1-3-4-7(2)8-9-5-6-10-8/h7-8H,3-6H2,1-2H3. The van der Waals surface area contributed by atoms with Crippen molar-refractivity contribution in [2.75, 3.05) is 13.2 Å². The lowest BCUT2D eigenvalue weighted by molar-refractivity contribution is -0.0803. The average molecular weight is 144 g/mol. The van der Waals surface area contributed by atoms with Crippen LogP contribution in [-0.4, -0.2) is 19.5 Å². The summed E-state index contributed by atoms with van der Waals surface area (Å²) in [5.74, 6) is 0.562. The van der Waals surface area contributed by atoms with Gasteiger partial charge in [0.15, 0.2) is 6.29 Å². The van der Waals surface area contributed by atoms with Crippen LogP contribution in [0.3, 0.4) is 0 Å². The topological polar surface area (TPSA) is 18.5 Å². The molecule has 10 heavy (non-hydrogen) atoms. The van der Waals surface area contributed by atoms with E-state index in [0.29, 0.717) is 5.92 Å². The van der Waals surface area contributed by atoms with Crippen molar-refractivity contribution in [3.63, 3.8) is 0 Å². The van der Waals surface area contributed by atoms with Gasteiger partial charge in [0.25, 0.3) is 0 Å². The summed E-state index contributed by atoms with van der Waals surface area (Å²) in [6.45, 7) is 5.92. The fourth-order valence-corrected chi connectivity index (χ4v) is 1.30. The number of rotatable bonds is 3. The summed E-state index contributed by atoms with van der Waals surface area (Å²) < 4.78 is 10.7. The lowest BCUT2D eigenvalue weighted by Crippen LogP contribution is -2.18. The van der Waals surface area contributed by atoms with Gasteiger partial charge in [0.2, 0.25) is 0 Å². The molecule has 2 heteroatoms. The Kier molecular flexibility index (Phi) is 3.16. The molecule has 2 nitrogen and oxygen atoms in total. The molecule has 0 aliphatic carbocycles. The van der Waals surface area contributed by atoms with E-state index in [4.69, 9.17) is 9.47 Å². The first kappa shape index (κ1) is 8.02. The average Bonchev–Trinajstić information content (AvgIpc) is 2.38. The van der Waals surface area contributed by atoms with Gasteiger partial charge in [-0.3, -0.25) is 0 Å². The Morgan fingerprint density at radius 1 is 1.40 bits per heavy atom. The van der Waals surface area contributed by atoms with Crippen LogP contribution in [-0.2, 0) is 9.47 Å². The summed E-state index contributed by atoms with van der Waals surface area (Å²) in [4.78, 5) is 0. The second kappa shape index (κ2) is 3.94. The Labute approximate surface area is 62.5 Å². The normalized spacial score (nSPS) is 23.4. The predicted molar refractivity (Wildman–Crippen MR) is 39.8 cm³/mol. The van der Waals surface area contributed by atoms with Gasteiger partial charge in [-0.25, -0.2) is 0 Å². The van der Waals surface area contributed by atoms with Crippen LogP contribution < -0.4 is 0 Å². The summed E-state index contributed by atoms with van der Waals surface area (Å²) in [6, 6.07) is 0. The molecular weight excluding hydrogens is 128 g/mol. The van der Waals surface area contributed by atoms with E-state index in [0.717, 1.165) is 13.2 Å². The fraction of sp³-hybridized carbons (Fsp3) is 1.00. The second-order valence-electron chi connectivity index (χ2n) is 2.88. The van der Waals surface area contributed by atoms with E-state index in [1.54, 1.807) is 0 Å². The van der Waals surface area contributed by atoms with Gasteiger partial charge < -0.3 is 9.47 Å². The third-order valence-electron chi connectivity index (χ3n) is 1.86. The molecule has 0 aromatic carbocycles. The zero-order valence-corrected chi connectivity index (χ0v) is 6.80. The second-order valence-corrected chi connectivity index (χ2v) is 2.88. The van der Waals surface area contributed by atoms with Crippen molar-refractivity contribution in [2.45, 2.75) is 33.0 Å². The molecule has 1 saturated heterocycles. The van der Waals surface area contributed by atoms with Crippen LogP contribution in [0.2, 0.25) is 0 Å². The highest BCUT2D eigenvalue weighted by molar-refractivity contribution is 4.60. The van der Waals surface area contributed by atoms with Crippen LogP contribution in [0.5, 0.6) is 0 Å². The molecule has 0 N–H and O–H groups in total. The molecule has 60 valence electrons. The summed E-state index contributed by atoms with van der Waals surface area (Å²) in [7, 11) is 0. The van der Waals surface area contributed by atoms with E-state index in [9.17, 15) is 0 Å². The fourth-order valence-electron chi connectivity index (χ4n) is 1.30. The van der Waals surface area contributed by atoms with Gasteiger partial charge in [-0.2, -0.15) is 0 Å². The Hall–Kier alpha value is -0.0800. The monoisotopic (exact) mass is 144 g/mol. The quantitative estimate of drug-likeness (QED) is 0.601. The maximum Gasteiger partial charge on any atom is 0.160 e.